The number of anilines is 1. The van der Waals surface area contributed by atoms with Crippen molar-refractivity contribution in [1.82, 2.24) is 4.90 Å². The molecule has 2 aliphatic rings. The molecule has 2 aromatic rings. The van der Waals surface area contributed by atoms with Gasteiger partial charge >= 0.3 is 0 Å². The fourth-order valence-electron chi connectivity index (χ4n) is 4.18. The Balaban J connectivity index is 1.38. The smallest absolute Gasteiger partial charge is 0.254 e. The summed E-state index contributed by atoms with van der Waals surface area (Å²) in [6.07, 6.45) is 4.30. The van der Waals surface area contributed by atoms with Crippen LogP contribution in [0.3, 0.4) is 0 Å². The Morgan fingerprint density at radius 3 is 2.44 bits per heavy atom. The number of amides is 1. The first-order chi connectivity index (χ1) is 13.3. The molecular weight excluding hydrogens is 336 g/mol. The third-order valence-corrected chi connectivity index (χ3v) is 5.74. The maximum Gasteiger partial charge on any atom is 0.254 e. The quantitative estimate of drug-likeness (QED) is 0.810. The number of benzene rings is 2. The molecule has 2 fully saturated rings. The first-order valence-corrected chi connectivity index (χ1v) is 10.1. The van der Waals surface area contributed by atoms with Gasteiger partial charge in [0.05, 0.1) is 13.2 Å². The predicted octanol–water partition coefficient (Wildman–Crippen LogP) is 3.76. The van der Waals surface area contributed by atoms with E-state index in [1.807, 2.05) is 12.1 Å². The molecule has 142 valence electrons. The summed E-state index contributed by atoms with van der Waals surface area (Å²) in [7, 11) is 0. The Morgan fingerprint density at radius 1 is 0.963 bits per heavy atom. The van der Waals surface area contributed by atoms with Crippen LogP contribution in [0.4, 0.5) is 5.69 Å². The fourth-order valence-corrected chi connectivity index (χ4v) is 4.18. The lowest BCUT2D eigenvalue weighted by atomic mass is 10.0. The molecule has 2 heterocycles. The normalized spacial score (nSPS) is 20.1. The average molecular weight is 364 g/mol. The van der Waals surface area contributed by atoms with Crippen LogP contribution in [-0.4, -0.2) is 49.7 Å². The Labute approximate surface area is 161 Å². The summed E-state index contributed by atoms with van der Waals surface area (Å²) in [6.45, 7) is 4.26. The van der Waals surface area contributed by atoms with Crippen LogP contribution in [0.15, 0.2) is 54.6 Å². The zero-order chi connectivity index (χ0) is 18.5. The second kappa shape index (κ2) is 8.57. The van der Waals surface area contributed by atoms with E-state index in [1.165, 1.54) is 11.3 Å². The summed E-state index contributed by atoms with van der Waals surface area (Å²) >= 11 is 0. The monoisotopic (exact) mass is 364 g/mol. The lowest BCUT2D eigenvalue weighted by Gasteiger charge is -2.29. The third kappa shape index (κ3) is 4.33. The van der Waals surface area contributed by atoms with Crippen molar-refractivity contribution < 1.29 is 9.53 Å². The van der Waals surface area contributed by atoms with E-state index in [-0.39, 0.29) is 5.91 Å². The number of hydrogen-bond donors (Lipinski definition) is 0. The summed E-state index contributed by atoms with van der Waals surface area (Å²) in [5.74, 6) is 0.180. The zero-order valence-corrected chi connectivity index (χ0v) is 15.8. The highest BCUT2D eigenvalue weighted by atomic mass is 16.5. The standard InChI is InChI=1S/C23H28N2O2/c26-23(20-9-12-21(13-10-20)24-15-17-27-18-16-24)25-14-4-7-22(25)11-8-19-5-2-1-3-6-19/h1-3,5-6,9-10,12-13,22H,4,7-8,11,14-18H2. The molecular formula is C23H28N2O2. The van der Waals surface area contributed by atoms with Crippen LogP contribution < -0.4 is 4.90 Å². The van der Waals surface area contributed by atoms with E-state index in [1.54, 1.807) is 0 Å². The van der Waals surface area contributed by atoms with E-state index >= 15 is 0 Å². The van der Waals surface area contributed by atoms with Gasteiger partial charge in [0.2, 0.25) is 0 Å². The van der Waals surface area contributed by atoms with Crippen molar-refractivity contribution >= 4 is 11.6 Å². The number of carbonyl (C=O) groups excluding carboxylic acids is 1. The molecule has 0 saturated carbocycles. The Bertz CT molecular complexity index is 739. The molecule has 4 heteroatoms. The SMILES string of the molecule is O=C(c1ccc(N2CCOCC2)cc1)N1CCCC1CCc1ccccc1. The lowest BCUT2D eigenvalue weighted by molar-refractivity contribution is 0.0730. The average Bonchev–Trinajstić information content (AvgIpc) is 3.22. The second-order valence-corrected chi connectivity index (χ2v) is 7.47. The highest BCUT2D eigenvalue weighted by molar-refractivity contribution is 5.95. The van der Waals surface area contributed by atoms with Gasteiger partial charge in [-0.15, -0.1) is 0 Å². The minimum atomic E-state index is 0.180. The molecule has 1 amide bonds. The van der Waals surface area contributed by atoms with Gasteiger partial charge in [-0.25, -0.2) is 0 Å². The number of morpholine rings is 1. The number of likely N-dealkylation sites (tertiary alicyclic amines) is 1. The van der Waals surface area contributed by atoms with Crippen molar-refractivity contribution in [3.63, 3.8) is 0 Å². The molecule has 0 N–H and O–H groups in total. The lowest BCUT2D eigenvalue weighted by Crippen LogP contribution is -2.37. The number of ether oxygens (including phenoxy) is 1. The number of carbonyl (C=O) groups is 1. The van der Waals surface area contributed by atoms with Gasteiger partial charge in [-0.1, -0.05) is 30.3 Å². The molecule has 0 spiro atoms. The van der Waals surface area contributed by atoms with Crippen LogP contribution in [0.1, 0.15) is 35.2 Å². The van der Waals surface area contributed by atoms with Gasteiger partial charge in [0.25, 0.3) is 5.91 Å². The van der Waals surface area contributed by atoms with E-state index in [9.17, 15) is 4.79 Å². The van der Waals surface area contributed by atoms with Crippen molar-refractivity contribution in [2.75, 3.05) is 37.7 Å². The van der Waals surface area contributed by atoms with E-state index in [4.69, 9.17) is 4.74 Å². The zero-order valence-electron chi connectivity index (χ0n) is 15.8. The van der Waals surface area contributed by atoms with E-state index in [2.05, 4.69) is 52.3 Å². The minimum Gasteiger partial charge on any atom is -0.378 e. The van der Waals surface area contributed by atoms with Gasteiger partial charge < -0.3 is 14.5 Å². The van der Waals surface area contributed by atoms with E-state index < -0.39 is 0 Å². The number of hydrogen-bond acceptors (Lipinski definition) is 3. The number of nitrogens with zero attached hydrogens (tertiary/aromatic N) is 2. The van der Waals surface area contributed by atoms with Gasteiger partial charge in [-0.05, 0) is 55.5 Å². The predicted molar refractivity (Wildman–Crippen MR) is 108 cm³/mol. The van der Waals surface area contributed by atoms with Crippen molar-refractivity contribution in [2.45, 2.75) is 31.7 Å². The maximum absolute atomic E-state index is 13.0. The van der Waals surface area contributed by atoms with Gasteiger partial charge in [0.15, 0.2) is 0 Å². The van der Waals surface area contributed by atoms with Crippen molar-refractivity contribution in [1.29, 1.82) is 0 Å². The van der Waals surface area contributed by atoms with Crippen LogP contribution in [0.2, 0.25) is 0 Å². The van der Waals surface area contributed by atoms with E-state index in [0.717, 1.165) is 64.1 Å². The van der Waals surface area contributed by atoms with Crippen LogP contribution in [0, 0.1) is 0 Å². The molecule has 0 aliphatic carbocycles. The summed E-state index contributed by atoms with van der Waals surface area (Å²) in [6, 6.07) is 19.1. The van der Waals surface area contributed by atoms with Crippen LogP contribution in [0.25, 0.3) is 0 Å². The molecule has 2 saturated heterocycles. The molecule has 0 bridgehead atoms. The Hall–Kier alpha value is -2.33. The van der Waals surface area contributed by atoms with Gasteiger partial charge in [-0.3, -0.25) is 4.79 Å². The highest BCUT2D eigenvalue weighted by Crippen LogP contribution is 2.25. The van der Waals surface area contributed by atoms with Crippen LogP contribution in [0.5, 0.6) is 0 Å². The van der Waals surface area contributed by atoms with Gasteiger partial charge in [0.1, 0.15) is 0 Å². The summed E-state index contributed by atoms with van der Waals surface area (Å²) in [4.78, 5) is 17.5. The van der Waals surface area contributed by atoms with Crippen molar-refractivity contribution in [3.05, 3.63) is 65.7 Å². The van der Waals surface area contributed by atoms with Crippen molar-refractivity contribution in [2.24, 2.45) is 0 Å². The van der Waals surface area contributed by atoms with Crippen molar-refractivity contribution in [3.8, 4) is 0 Å². The largest absolute Gasteiger partial charge is 0.378 e. The Morgan fingerprint density at radius 2 is 1.70 bits per heavy atom. The second-order valence-electron chi connectivity index (χ2n) is 7.47. The molecule has 0 radical (unpaired) electrons. The Kier molecular flexibility index (Phi) is 5.73. The highest BCUT2D eigenvalue weighted by Gasteiger charge is 2.29. The van der Waals surface area contributed by atoms with Crippen LogP contribution in [-0.2, 0) is 11.2 Å². The molecule has 4 rings (SSSR count). The van der Waals surface area contributed by atoms with Gasteiger partial charge in [0, 0.05) is 36.9 Å². The molecule has 1 atom stereocenters. The van der Waals surface area contributed by atoms with E-state index in [0.29, 0.717) is 6.04 Å². The summed E-state index contributed by atoms with van der Waals surface area (Å²) in [5, 5.41) is 0. The first kappa shape index (κ1) is 18.1. The maximum atomic E-state index is 13.0. The first-order valence-electron chi connectivity index (χ1n) is 10.1. The molecule has 0 aromatic heterocycles. The number of aryl methyl sites for hydroxylation is 1. The summed E-state index contributed by atoms with van der Waals surface area (Å²) < 4.78 is 5.41. The fraction of sp³-hybridized carbons (Fsp3) is 0.435. The minimum absolute atomic E-state index is 0.180. The molecule has 27 heavy (non-hydrogen) atoms. The molecule has 4 nitrogen and oxygen atoms in total. The number of rotatable bonds is 5. The molecule has 2 aromatic carbocycles. The summed E-state index contributed by atoms with van der Waals surface area (Å²) in [5.41, 5.74) is 3.34. The van der Waals surface area contributed by atoms with Crippen LogP contribution >= 0.6 is 0 Å². The van der Waals surface area contributed by atoms with Gasteiger partial charge in [-0.2, -0.15) is 0 Å². The third-order valence-electron chi connectivity index (χ3n) is 5.74. The molecule has 2 aliphatic heterocycles. The molecule has 1 unspecified atom stereocenters. The topological polar surface area (TPSA) is 32.8 Å².